The average Bonchev–Trinajstić information content (AvgIpc) is 3.25. The van der Waals surface area contributed by atoms with Gasteiger partial charge in [-0.2, -0.15) is 0 Å². The Labute approximate surface area is 163 Å². The van der Waals surface area contributed by atoms with Gasteiger partial charge in [-0.3, -0.25) is 0 Å². The molecule has 0 saturated heterocycles. The molecule has 27 heavy (non-hydrogen) atoms. The SMILES string of the molecule is Brc1cccc2c1c1ccc3c4ccccc4oc3c1n2-c1ccccc1. The van der Waals surface area contributed by atoms with Crippen LogP contribution in [0.15, 0.2) is 93.8 Å². The van der Waals surface area contributed by atoms with Gasteiger partial charge in [-0.05, 0) is 36.4 Å². The molecular formula is C24H14BrNO. The minimum atomic E-state index is 0.920. The first-order valence-corrected chi connectivity index (χ1v) is 9.70. The van der Waals surface area contributed by atoms with E-state index in [1.165, 1.54) is 16.3 Å². The van der Waals surface area contributed by atoms with E-state index >= 15 is 0 Å². The zero-order valence-electron chi connectivity index (χ0n) is 14.3. The molecule has 2 heterocycles. The second-order valence-electron chi connectivity index (χ2n) is 6.74. The lowest BCUT2D eigenvalue weighted by molar-refractivity contribution is 0.671. The topological polar surface area (TPSA) is 18.1 Å². The lowest BCUT2D eigenvalue weighted by atomic mass is 10.1. The summed E-state index contributed by atoms with van der Waals surface area (Å²) in [5, 5.41) is 4.69. The molecule has 3 heteroatoms. The number of furan rings is 1. The van der Waals surface area contributed by atoms with E-state index < -0.39 is 0 Å². The molecule has 0 saturated carbocycles. The highest BCUT2D eigenvalue weighted by Crippen LogP contribution is 2.42. The largest absolute Gasteiger partial charge is 0.454 e. The maximum absolute atomic E-state index is 6.36. The summed E-state index contributed by atoms with van der Waals surface area (Å²) in [6.07, 6.45) is 0. The van der Waals surface area contributed by atoms with Crippen molar-refractivity contribution in [2.45, 2.75) is 0 Å². The summed E-state index contributed by atoms with van der Waals surface area (Å²) >= 11 is 3.76. The minimum absolute atomic E-state index is 0.920. The van der Waals surface area contributed by atoms with Crippen molar-refractivity contribution in [2.75, 3.05) is 0 Å². The first-order valence-electron chi connectivity index (χ1n) is 8.91. The van der Waals surface area contributed by atoms with Crippen LogP contribution in [0, 0.1) is 0 Å². The van der Waals surface area contributed by atoms with Crippen molar-refractivity contribution < 1.29 is 4.42 Å². The highest BCUT2D eigenvalue weighted by Gasteiger charge is 2.19. The van der Waals surface area contributed by atoms with Crippen molar-refractivity contribution >= 4 is 59.7 Å². The van der Waals surface area contributed by atoms with Gasteiger partial charge in [-0.25, -0.2) is 0 Å². The predicted octanol–water partition coefficient (Wildman–Crippen LogP) is 7.45. The third-order valence-electron chi connectivity index (χ3n) is 5.26. The summed E-state index contributed by atoms with van der Waals surface area (Å²) in [5.74, 6) is 0. The molecule has 0 atom stereocenters. The molecular weight excluding hydrogens is 398 g/mol. The van der Waals surface area contributed by atoms with E-state index in [-0.39, 0.29) is 0 Å². The molecule has 0 aliphatic carbocycles. The van der Waals surface area contributed by atoms with Crippen molar-refractivity contribution in [2.24, 2.45) is 0 Å². The number of rotatable bonds is 1. The van der Waals surface area contributed by atoms with Crippen molar-refractivity contribution in [3.63, 3.8) is 0 Å². The van der Waals surface area contributed by atoms with Crippen LogP contribution in [0.1, 0.15) is 0 Å². The van der Waals surface area contributed by atoms with Crippen LogP contribution in [0.25, 0.3) is 49.4 Å². The Morgan fingerprint density at radius 3 is 2.33 bits per heavy atom. The zero-order chi connectivity index (χ0) is 18.0. The number of hydrogen-bond donors (Lipinski definition) is 0. The van der Waals surface area contributed by atoms with Gasteiger partial charge >= 0.3 is 0 Å². The molecule has 0 aliphatic rings. The lowest BCUT2D eigenvalue weighted by Crippen LogP contribution is -1.93. The number of halogens is 1. The van der Waals surface area contributed by atoms with Gasteiger partial charge in [-0.1, -0.05) is 64.5 Å². The first kappa shape index (κ1) is 15.1. The van der Waals surface area contributed by atoms with Gasteiger partial charge in [0.15, 0.2) is 5.58 Å². The number of para-hydroxylation sites is 2. The minimum Gasteiger partial charge on any atom is -0.454 e. The number of benzene rings is 4. The number of aromatic nitrogens is 1. The summed E-state index contributed by atoms with van der Waals surface area (Å²) < 4.78 is 9.76. The molecule has 0 spiro atoms. The van der Waals surface area contributed by atoms with E-state index in [1.807, 2.05) is 18.2 Å². The lowest BCUT2D eigenvalue weighted by Gasteiger charge is -2.07. The Morgan fingerprint density at radius 1 is 0.667 bits per heavy atom. The average molecular weight is 412 g/mol. The van der Waals surface area contributed by atoms with Gasteiger partial charge in [0.1, 0.15) is 5.58 Å². The summed E-state index contributed by atoms with van der Waals surface area (Å²) in [6, 6.07) is 29.5. The molecule has 2 aromatic heterocycles. The Balaban J connectivity index is 1.94. The summed E-state index contributed by atoms with van der Waals surface area (Å²) in [4.78, 5) is 0. The van der Waals surface area contributed by atoms with Gasteiger partial charge in [0.05, 0.1) is 11.0 Å². The molecule has 0 radical (unpaired) electrons. The molecule has 4 aromatic carbocycles. The first-order chi connectivity index (χ1) is 13.3. The van der Waals surface area contributed by atoms with Crippen molar-refractivity contribution in [3.8, 4) is 5.69 Å². The molecule has 0 aliphatic heterocycles. The molecule has 128 valence electrons. The second kappa shape index (κ2) is 5.48. The third-order valence-corrected chi connectivity index (χ3v) is 5.92. The smallest absolute Gasteiger partial charge is 0.160 e. The molecule has 6 aromatic rings. The molecule has 2 nitrogen and oxygen atoms in total. The fourth-order valence-electron chi connectivity index (χ4n) is 4.13. The van der Waals surface area contributed by atoms with Crippen molar-refractivity contribution in [3.05, 3.63) is 89.4 Å². The van der Waals surface area contributed by atoms with Crippen LogP contribution >= 0.6 is 15.9 Å². The highest BCUT2D eigenvalue weighted by molar-refractivity contribution is 9.10. The normalized spacial score (nSPS) is 11.9. The van der Waals surface area contributed by atoms with E-state index in [1.54, 1.807) is 0 Å². The van der Waals surface area contributed by atoms with E-state index in [0.29, 0.717) is 0 Å². The van der Waals surface area contributed by atoms with Gasteiger partial charge in [-0.15, -0.1) is 0 Å². The number of fused-ring (bicyclic) bond motifs is 7. The molecule has 0 bridgehead atoms. The van der Waals surface area contributed by atoms with Crippen LogP contribution in [-0.4, -0.2) is 4.57 Å². The Kier molecular flexibility index (Phi) is 3.06. The van der Waals surface area contributed by atoms with E-state index in [2.05, 4.69) is 87.2 Å². The summed E-state index contributed by atoms with van der Waals surface area (Å²) in [7, 11) is 0. The fraction of sp³-hybridized carbons (Fsp3) is 0. The standard InChI is InChI=1S/C24H14BrNO/c25-19-10-6-11-20-22(19)18-14-13-17-16-9-4-5-12-21(16)27-24(17)23(18)26(20)15-7-2-1-3-8-15/h1-14H. The number of nitrogens with zero attached hydrogens (tertiary/aromatic N) is 1. The molecule has 0 unspecified atom stereocenters. The third kappa shape index (κ3) is 2.00. The Hall–Kier alpha value is -3.04. The van der Waals surface area contributed by atoms with Crippen molar-refractivity contribution in [1.29, 1.82) is 0 Å². The molecule has 6 rings (SSSR count). The Bertz CT molecular complexity index is 1470. The van der Waals surface area contributed by atoms with Crippen molar-refractivity contribution in [1.82, 2.24) is 4.57 Å². The molecule has 0 N–H and O–H groups in total. The maximum atomic E-state index is 6.36. The highest BCUT2D eigenvalue weighted by atomic mass is 79.9. The molecule has 0 amide bonds. The second-order valence-corrected chi connectivity index (χ2v) is 7.60. The predicted molar refractivity (Wildman–Crippen MR) is 116 cm³/mol. The Morgan fingerprint density at radius 2 is 1.44 bits per heavy atom. The van der Waals surface area contributed by atoms with Crippen LogP contribution < -0.4 is 0 Å². The van der Waals surface area contributed by atoms with Crippen LogP contribution in [0.4, 0.5) is 0 Å². The van der Waals surface area contributed by atoms with Crippen LogP contribution in [-0.2, 0) is 0 Å². The summed E-state index contributed by atoms with van der Waals surface area (Å²) in [6.45, 7) is 0. The van der Waals surface area contributed by atoms with E-state index in [0.717, 1.165) is 37.6 Å². The van der Waals surface area contributed by atoms with Gasteiger partial charge < -0.3 is 8.98 Å². The van der Waals surface area contributed by atoms with Gasteiger partial charge in [0, 0.05) is 31.7 Å². The van der Waals surface area contributed by atoms with Crippen LogP contribution in [0.3, 0.4) is 0 Å². The van der Waals surface area contributed by atoms with Crippen LogP contribution in [0.2, 0.25) is 0 Å². The monoisotopic (exact) mass is 411 g/mol. The molecule has 0 fully saturated rings. The quantitative estimate of drug-likeness (QED) is 0.274. The van der Waals surface area contributed by atoms with Gasteiger partial charge in [0.25, 0.3) is 0 Å². The maximum Gasteiger partial charge on any atom is 0.160 e. The number of hydrogen-bond acceptors (Lipinski definition) is 1. The fourth-order valence-corrected chi connectivity index (χ4v) is 4.70. The summed E-state index contributed by atoms with van der Waals surface area (Å²) in [5.41, 5.74) is 5.25. The van der Waals surface area contributed by atoms with E-state index in [9.17, 15) is 0 Å². The zero-order valence-corrected chi connectivity index (χ0v) is 15.9. The van der Waals surface area contributed by atoms with Gasteiger partial charge in [0.2, 0.25) is 0 Å². The van der Waals surface area contributed by atoms with Crippen LogP contribution in [0.5, 0.6) is 0 Å². The van der Waals surface area contributed by atoms with E-state index in [4.69, 9.17) is 4.42 Å².